The summed E-state index contributed by atoms with van der Waals surface area (Å²) in [6, 6.07) is 3.23. The van der Waals surface area contributed by atoms with E-state index < -0.39 is 6.04 Å². The van der Waals surface area contributed by atoms with E-state index in [0.717, 1.165) is 12.1 Å². The Morgan fingerprint density at radius 1 is 1.47 bits per heavy atom. The van der Waals surface area contributed by atoms with Gasteiger partial charge in [-0.1, -0.05) is 20.3 Å². The van der Waals surface area contributed by atoms with Gasteiger partial charge in [-0.05, 0) is 25.0 Å². The van der Waals surface area contributed by atoms with Crippen LogP contribution in [0.25, 0.3) is 0 Å². The van der Waals surface area contributed by atoms with Crippen LogP contribution < -0.4 is 10.2 Å². The molecule has 19 heavy (non-hydrogen) atoms. The average molecular weight is 261 g/mol. The van der Waals surface area contributed by atoms with Crippen LogP contribution in [0.4, 0.5) is 5.69 Å². The van der Waals surface area contributed by atoms with Gasteiger partial charge in [-0.2, -0.15) is 0 Å². The lowest BCUT2D eigenvalue weighted by molar-refractivity contribution is -0.132. The van der Waals surface area contributed by atoms with Crippen molar-refractivity contribution in [3.05, 3.63) is 24.0 Å². The molecule has 102 valence electrons. The van der Waals surface area contributed by atoms with Crippen molar-refractivity contribution in [3.8, 4) is 0 Å². The van der Waals surface area contributed by atoms with Crippen LogP contribution in [0.3, 0.4) is 0 Å². The molecule has 1 aromatic heterocycles. The molecule has 1 aromatic rings. The monoisotopic (exact) mass is 261 g/mol. The molecule has 1 fully saturated rings. The Morgan fingerprint density at radius 3 is 2.79 bits per heavy atom. The van der Waals surface area contributed by atoms with Crippen LogP contribution in [-0.4, -0.2) is 29.4 Å². The fourth-order valence-electron chi connectivity index (χ4n) is 2.13. The lowest BCUT2D eigenvalue weighted by Crippen LogP contribution is -2.60. The summed E-state index contributed by atoms with van der Waals surface area (Å²) >= 11 is 0. The van der Waals surface area contributed by atoms with E-state index in [4.69, 9.17) is 0 Å². The van der Waals surface area contributed by atoms with E-state index >= 15 is 0 Å². The Balaban J connectivity index is 2.27. The first-order chi connectivity index (χ1) is 9.02. The van der Waals surface area contributed by atoms with Gasteiger partial charge in [-0.3, -0.25) is 19.5 Å². The number of hydrogen-bond acceptors (Lipinski definition) is 3. The van der Waals surface area contributed by atoms with Crippen molar-refractivity contribution in [2.24, 2.45) is 5.92 Å². The lowest BCUT2D eigenvalue weighted by Gasteiger charge is -2.35. The normalized spacial score (nSPS) is 21.2. The zero-order valence-electron chi connectivity index (χ0n) is 11.5. The summed E-state index contributed by atoms with van der Waals surface area (Å²) in [6.45, 7) is 5.93. The molecule has 1 N–H and O–H groups in total. The summed E-state index contributed by atoms with van der Waals surface area (Å²) in [6.07, 6.45) is 2.48. The largest absolute Gasteiger partial charge is 0.342 e. The Bertz CT molecular complexity index is 484. The number of carbonyl (C=O) groups excluding carboxylic acids is 2. The first-order valence-electron chi connectivity index (χ1n) is 6.56. The zero-order chi connectivity index (χ0) is 14.0. The number of amides is 2. The van der Waals surface area contributed by atoms with Crippen molar-refractivity contribution >= 4 is 17.5 Å². The molecule has 0 bridgehead atoms. The SMILES string of the molecule is CCC(C)C1NC(=O)CN(c2ccc(C)nc2)C1=O. The molecule has 2 amide bonds. The minimum Gasteiger partial charge on any atom is -0.342 e. The van der Waals surface area contributed by atoms with Gasteiger partial charge in [0.1, 0.15) is 12.6 Å². The fraction of sp³-hybridized carbons (Fsp3) is 0.500. The molecular weight excluding hydrogens is 242 g/mol. The van der Waals surface area contributed by atoms with Gasteiger partial charge in [-0.25, -0.2) is 0 Å². The smallest absolute Gasteiger partial charge is 0.250 e. The van der Waals surface area contributed by atoms with Gasteiger partial charge in [0.25, 0.3) is 0 Å². The Kier molecular flexibility index (Phi) is 3.83. The zero-order valence-corrected chi connectivity index (χ0v) is 11.5. The molecule has 0 aliphatic carbocycles. The van der Waals surface area contributed by atoms with Crippen molar-refractivity contribution in [3.63, 3.8) is 0 Å². The molecule has 1 aliphatic heterocycles. The average Bonchev–Trinajstić information content (AvgIpc) is 2.41. The van der Waals surface area contributed by atoms with Crippen molar-refractivity contribution in [1.29, 1.82) is 0 Å². The molecule has 0 radical (unpaired) electrons. The van der Waals surface area contributed by atoms with E-state index in [9.17, 15) is 9.59 Å². The summed E-state index contributed by atoms with van der Waals surface area (Å²) in [5, 5.41) is 2.78. The van der Waals surface area contributed by atoms with Crippen LogP contribution in [0.1, 0.15) is 26.0 Å². The Morgan fingerprint density at radius 2 is 2.21 bits per heavy atom. The van der Waals surface area contributed by atoms with Gasteiger partial charge >= 0.3 is 0 Å². The molecule has 2 heterocycles. The van der Waals surface area contributed by atoms with Gasteiger partial charge in [0.05, 0.1) is 11.9 Å². The van der Waals surface area contributed by atoms with Crippen molar-refractivity contribution in [1.82, 2.24) is 10.3 Å². The quantitative estimate of drug-likeness (QED) is 0.891. The maximum Gasteiger partial charge on any atom is 0.250 e. The number of nitrogens with zero attached hydrogens (tertiary/aromatic N) is 2. The summed E-state index contributed by atoms with van der Waals surface area (Å²) < 4.78 is 0. The van der Waals surface area contributed by atoms with E-state index in [1.165, 1.54) is 4.90 Å². The highest BCUT2D eigenvalue weighted by molar-refractivity contribution is 6.06. The number of aromatic nitrogens is 1. The maximum absolute atomic E-state index is 12.4. The number of hydrogen-bond donors (Lipinski definition) is 1. The summed E-state index contributed by atoms with van der Waals surface area (Å²) in [5.74, 6) is -0.0530. The van der Waals surface area contributed by atoms with Crippen LogP contribution in [-0.2, 0) is 9.59 Å². The highest BCUT2D eigenvalue weighted by atomic mass is 16.2. The second-order valence-electron chi connectivity index (χ2n) is 5.01. The van der Waals surface area contributed by atoms with Gasteiger partial charge in [0.2, 0.25) is 11.8 Å². The molecular formula is C14H19N3O2. The van der Waals surface area contributed by atoms with Crippen molar-refractivity contribution in [2.75, 3.05) is 11.4 Å². The molecule has 2 rings (SSSR count). The maximum atomic E-state index is 12.4. The third-order valence-electron chi connectivity index (χ3n) is 3.57. The van der Waals surface area contributed by atoms with Gasteiger partial charge in [-0.15, -0.1) is 0 Å². The van der Waals surface area contributed by atoms with Crippen LogP contribution in [0.2, 0.25) is 0 Å². The van der Waals surface area contributed by atoms with Crippen LogP contribution in [0.5, 0.6) is 0 Å². The van der Waals surface area contributed by atoms with Crippen molar-refractivity contribution in [2.45, 2.75) is 33.2 Å². The summed E-state index contributed by atoms with van der Waals surface area (Å²) in [5.41, 5.74) is 1.56. The minimum atomic E-state index is -0.437. The van der Waals surface area contributed by atoms with Gasteiger partial charge in [0, 0.05) is 5.69 Å². The predicted octanol–water partition coefficient (Wildman–Crippen LogP) is 1.27. The molecule has 1 aliphatic rings. The lowest BCUT2D eigenvalue weighted by atomic mass is 9.96. The number of nitrogens with one attached hydrogen (secondary N) is 1. The molecule has 2 unspecified atom stereocenters. The molecule has 5 nitrogen and oxygen atoms in total. The Hall–Kier alpha value is -1.91. The molecule has 0 aromatic carbocycles. The van der Waals surface area contributed by atoms with Gasteiger partial charge < -0.3 is 5.32 Å². The highest BCUT2D eigenvalue weighted by Gasteiger charge is 2.36. The van der Waals surface area contributed by atoms with E-state index in [1.807, 2.05) is 32.9 Å². The Labute approximate surface area is 113 Å². The number of pyridine rings is 1. The molecule has 2 atom stereocenters. The third-order valence-corrected chi connectivity index (χ3v) is 3.57. The second-order valence-corrected chi connectivity index (χ2v) is 5.01. The van der Waals surface area contributed by atoms with E-state index in [2.05, 4.69) is 10.3 Å². The van der Waals surface area contributed by atoms with E-state index in [-0.39, 0.29) is 24.3 Å². The first-order valence-corrected chi connectivity index (χ1v) is 6.56. The number of anilines is 1. The molecule has 0 saturated carbocycles. The predicted molar refractivity (Wildman–Crippen MR) is 72.7 cm³/mol. The van der Waals surface area contributed by atoms with Crippen LogP contribution in [0.15, 0.2) is 18.3 Å². The van der Waals surface area contributed by atoms with Crippen LogP contribution in [0, 0.1) is 12.8 Å². The topological polar surface area (TPSA) is 62.3 Å². The standard InChI is InChI=1S/C14H19N3O2/c1-4-9(2)13-14(19)17(8-12(18)16-13)11-6-5-10(3)15-7-11/h5-7,9,13H,4,8H2,1-3H3,(H,16,18). The van der Waals surface area contributed by atoms with Crippen LogP contribution >= 0.6 is 0 Å². The number of carbonyl (C=O) groups is 2. The highest BCUT2D eigenvalue weighted by Crippen LogP contribution is 2.20. The minimum absolute atomic E-state index is 0.0559. The molecule has 5 heteroatoms. The van der Waals surface area contributed by atoms with E-state index in [1.54, 1.807) is 6.20 Å². The number of rotatable bonds is 3. The summed E-state index contributed by atoms with van der Waals surface area (Å²) in [4.78, 5) is 29.9. The first kappa shape index (κ1) is 13.5. The summed E-state index contributed by atoms with van der Waals surface area (Å²) in [7, 11) is 0. The molecule has 1 saturated heterocycles. The second kappa shape index (κ2) is 5.38. The number of aryl methyl sites for hydroxylation is 1. The van der Waals surface area contributed by atoms with Gasteiger partial charge in [0.15, 0.2) is 0 Å². The van der Waals surface area contributed by atoms with Crippen molar-refractivity contribution < 1.29 is 9.59 Å². The van der Waals surface area contributed by atoms with E-state index in [0.29, 0.717) is 5.69 Å². The third kappa shape index (κ3) is 2.75. The fourth-order valence-corrected chi connectivity index (χ4v) is 2.13. The number of piperazine rings is 1. The molecule has 0 spiro atoms.